The second kappa shape index (κ2) is 9.69. The fourth-order valence-electron chi connectivity index (χ4n) is 4.04. The summed E-state index contributed by atoms with van der Waals surface area (Å²) in [5, 5.41) is 0. The molecule has 0 aliphatic heterocycles. The van der Waals surface area contributed by atoms with Crippen molar-refractivity contribution in [2.24, 2.45) is 0 Å². The molecule has 4 aromatic heterocycles. The van der Waals surface area contributed by atoms with Crippen molar-refractivity contribution in [2.75, 3.05) is 0 Å². The summed E-state index contributed by atoms with van der Waals surface area (Å²) in [4.78, 5) is 9.53. The van der Waals surface area contributed by atoms with Gasteiger partial charge >= 0.3 is 20.4 Å². The van der Waals surface area contributed by atoms with Crippen molar-refractivity contribution < 1.29 is 29.2 Å². The Hall–Kier alpha value is -2.62. The van der Waals surface area contributed by atoms with E-state index in [9.17, 15) is 0 Å². The third kappa shape index (κ3) is 5.10. The summed E-state index contributed by atoms with van der Waals surface area (Å²) in [5.74, 6) is 0.153. The SMILES string of the molecule is CC(C)(C)c1c[c-]n(-c2cccc(C(C)(C)c3cccc(-n4[c-]cc(C(C)(C)C)c4F)n3)n2)c1F.[Pd+2]. The molecule has 0 amide bonds. The van der Waals surface area contributed by atoms with Crippen LogP contribution in [0.2, 0.25) is 0 Å². The van der Waals surface area contributed by atoms with Crippen LogP contribution in [0.3, 0.4) is 0 Å². The van der Waals surface area contributed by atoms with Gasteiger partial charge in [0.2, 0.25) is 0 Å². The van der Waals surface area contributed by atoms with Gasteiger partial charge < -0.3 is 9.13 Å². The molecule has 0 aromatic carbocycles. The maximum absolute atomic E-state index is 15.2. The van der Waals surface area contributed by atoms with Gasteiger partial charge in [0.1, 0.15) is 0 Å². The van der Waals surface area contributed by atoms with E-state index in [0.717, 1.165) is 0 Å². The number of pyridine rings is 2. The fourth-order valence-corrected chi connectivity index (χ4v) is 4.04. The number of hydrogen-bond donors (Lipinski definition) is 0. The normalized spacial score (nSPS) is 12.5. The first-order chi connectivity index (χ1) is 16.2. The molecule has 0 saturated heterocycles. The second-order valence-electron chi connectivity index (χ2n) is 11.5. The Kier molecular flexibility index (Phi) is 7.52. The Morgan fingerprint density at radius 3 is 1.31 bits per heavy atom. The van der Waals surface area contributed by atoms with Crippen LogP contribution in [-0.4, -0.2) is 19.1 Å². The maximum Gasteiger partial charge on any atom is 2.00 e. The molecular formula is C29H32F2N4Pd. The summed E-state index contributed by atoms with van der Waals surface area (Å²) in [5.41, 5.74) is 1.28. The van der Waals surface area contributed by atoms with Crippen molar-refractivity contribution in [3.8, 4) is 11.6 Å². The van der Waals surface area contributed by atoms with Crippen LogP contribution in [0.1, 0.15) is 77.9 Å². The number of nitrogens with zero attached hydrogens (tertiary/aromatic N) is 4. The molecule has 0 aliphatic carbocycles. The first-order valence-electron chi connectivity index (χ1n) is 11.8. The first kappa shape index (κ1) is 28.0. The third-order valence-corrected chi connectivity index (χ3v) is 6.34. The van der Waals surface area contributed by atoms with E-state index < -0.39 is 5.41 Å². The van der Waals surface area contributed by atoms with Crippen molar-refractivity contribution in [1.29, 1.82) is 0 Å². The number of hydrogen-bond acceptors (Lipinski definition) is 2. The molecule has 0 aliphatic rings. The first-order valence-corrected chi connectivity index (χ1v) is 11.8. The standard InChI is InChI=1S/C29H32F2N4.Pd/c1-27(2,3)19-15-17-34(25(19)30)23-13-9-11-21(32-23)29(7,8)22-12-10-14-24(33-22)35-18-16-20(26(35)31)28(4,5)6;/h9-16H,1-8H3;/q-2;+2. The second-order valence-corrected chi connectivity index (χ2v) is 11.5. The van der Waals surface area contributed by atoms with Crippen molar-refractivity contribution in [3.63, 3.8) is 0 Å². The largest absolute Gasteiger partial charge is 2.00 e. The van der Waals surface area contributed by atoms with Crippen LogP contribution >= 0.6 is 0 Å². The van der Waals surface area contributed by atoms with Gasteiger partial charge in [-0.05, 0) is 26.0 Å². The number of halogens is 2. The molecule has 0 N–H and O–H groups in total. The van der Waals surface area contributed by atoms with Gasteiger partial charge in [-0.3, -0.25) is 18.7 Å². The quantitative estimate of drug-likeness (QED) is 0.195. The third-order valence-electron chi connectivity index (χ3n) is 6.34. The minimum absolute atomic E-state index is 0. The van der Waals surface area contributed by atoms with Crippen LogP contribution in [0.4, 0.5) is 8.78 Å². The fraction of sp³-hybridized carbons (Fsp3) is 0.379. The van der Waals surface area contributed by atoms with E-state index in [4.69, 9.17) is 9.97 Å². The Labute approximate surface area is 226 Å². The molecule has 0 spiro atoms. The van der Waals surface area contributed by atoms with Gasteiger partial charge in [0.25, 0.3) is 0 Å². The van der Waals surface area contributed by atoms with Gasteiger partial charge in [-0.25, -0.2) is 0 Å². The van der Waals surface area contributed by atoms with Crippen LogP contribution in [-0.2, 0) is 36.7 Å². The smallest absolute Gasteiger partial charge is 0.406 e. The predicted octanol–water partition coefficient (Wildman–Crippen LogP) is 6.85. The Morgan fingerprint density at radius 1 is 0.639 bits per heavy atom. The summed E-state index contributed by atoms with van der Waals surface area (Å²) in [6.45, 7) is 15.8. The minimum atomic E-state index is -0.626. The van der Waals surface area contributed by atoms with Crippen molar-refractivity contribution in [3.05, 3.63) is 95.3 Å². The van der Waals surface area contributed by atoms with E-state index in [1.807, 2.05) is 79.7 Å². The monoisotopic (exact) mass is 580 g/mol. The van der Waals surface area contributed by atoms with E-state index in [2.05, 4.69) is 12.4 Å². The molecule has 4 aromatic rings. The Bertz CT molecular complexity index is 1270. The predicted molar refractivity (Wildman–Crippen MR) is 134 cm³/mol. The van der Waals surface area contributed by atoms with Gasteiger partial charge in [-0.15, -0.1) is 23.3 Å². The van der Waals surface area contributed by atoms with Crippen molar-refractivity contribution >= 4 is 0 Å². The van der Waals surface area contributed by atoms with Crippen LogP contribution < -0.4 is 0 Å². The zero-order valence-electron chi connectivity index (χ0n) is 22.0. The van der Waals surface area contributed by atoms with Crippen LogP contribution in [0.15, 0.2) is 48.5 Å². The van der Waals surface area contributed by atoms with Crippen molar-refractivity contribution in [1.82, 2.24) is 19.1 Å². The van der Waals surface area contributed by atoms with Gasteiger partial charge in [-0.2, -0.15) is 0 Å². The summed E-state index contributed by atoms with van der Waals surface area (Å²) in [6.07, 6.45) is 5.96. The van der Waals surface area contributed by atoms with Crippen LogP contribution in [0, 0.1) is 24.3 Å². The molecule has 7 heteroatoms. The van der Waals surface area contributed by atoms with E-state index >= 15 is 8.78 Å². The number of aromatic nitrogens is 4. The summed E-state index contributed by atoms with van der Waals surface area (Å²) in [7, 11) is 0. The van der Waals surface area contributed by atoms with Gasteiger partial charge in [0, 0.05) is 16.8 Å². The summed E-state index contributed by atoms with van der Waals surface area (Å²) < 4.78 is 33.0. The summed E-state index contributed by atoms with van der Waals surface area (Å²) in [6, 6.07) is 14.3. The van der Waals surface area contributed by atoms with Crippen LogP contribution in [0.5, 0.6) is 0 Å². The van der Waals surface area contributed by atoms with E-state index in [-0.39, 0.29) is 43.1 Å². The molecule has 0 bridgehead atoms. The van der Waals surface area contributed by atoms with E-state index in [1.165, 1.54) is 9.13 Å². The average molecular weight is 581 g/mol. The summed E-state index contributed by atoms with van der Waals surface area (Å²) >= 11 is 0. The zero-order chi connectivity index (χ0) is 25.8. The van der Waals surface area contributed by atoms with E-state index in [0.29, 0.717) is 34.2 Å². The molecule has 0 fully saturated rings. The minimum Gasteiger partial charge on any atom is -0.406 e. The molecular weight excluding hydrogens is 549 g/mol. The average Bonchev–Trinajstić information content (AvgIpc) is 3.36. The maximum atomic E-state index is 15.2. The topological polar surface area (TPSA) is 35.6 Å². The molecule has 0 unspecified atom stereocenters. The molecule has 192 valence electrons. The van der Waals surface area contributed by atoms with E-state index in [1.54, 1.807) is 24.3 Å². The zero-order valence-corrected chi connectivity index (χ0v) is 23.5. The van der Waals surface area contributed by atoms with Gasteiger partial charge in [0.05, 0.1) is 23.5 Å². The molecule has 36 heavy (non-hydrogen) atoms. The molecule has 0 radical (unpaired) electrons. The number of rotatable bonds is 4. The van der Waals surface area contributed by atoms with Crippen LogP contribution in [0.25, 0.3) is 11.6 Å². The Balaban J connectivity index is 0.00000361. The Morgan fingerprint density at radius 2 is 1.00 bits per heavy atom. The molecule has 4 rings (SSSR count). The van der Waals surface area contributed by atoms with Gasteiger partial charge in [-0.1, -0.05) is 89.0 Å². The molecule has 0 atom stereocenters. The van der Waals surface area contributed by atoms with Gasteiger partial charge in [0.15, 0.2) is 0 Å². The molecule has 0 saturated carbocycles. The van der Waals surface area contributed by atoms with Crippen molar-refractivity contribution in [2.45, 2.75) is 71.6 Å². The molecule has 4 heterocycles. The molecule has 4 nitrogen and oxygen atoms in total.